The molecule has 3 rings (SSSR count). The molecule has 1 aliphatic heterocycles. The van der Waals surface area contributed by atoms with Gasteiger partial charge in [-0.25, -0.2) is 0 Å². The summed E-state index contributed by atoms with van der Waals surface area (Å²) >= 11 is 7.29. The maximum absolute atomic E-state index is 12.4. The zero-order valence-corrected chi connectivity index (χ0v) is 16.9. The van der Waals surface area contributed by atoms with E-state index in [9.17, 15) is 9.59 Å². The summed E-state index contributed by atoms with van der Waals surface area (Å²) in [6.45, 7) is 4.48. The molecule has 1 aromatic heterocycles. The number of thiophene rings is 1. The van der Waals surface area contributed by atoms with E-state index in [1.54, 1.807) is 13.0 Å². The Balaban J connectivity index is 1.41. The Labute approximate surface area is 168 Å². The fourth-order valence-electron chi connectivity index (χ4n) is 3.15. The molecule has 144 valence electrons. The van der Waals surface area contributed by atoms with Crippen molar-refractivity contribution in [2.45, 2.75) is 38.4 Å². The molecule has 1 saturated heterocycles. The van der Waals surface area contributed by atoms with Crippen molar-refractivity contribution in [2.75, 3.05) is 13.1 Å². The van der Waals surface area contributed by atoms with E-state index in [0.29, 0.717) is 4.88 Å². The van der Waals surface area contributed by atoms with Gasteiger partial charge in [-0.15, -0.1) is 11.3 Å². The Morgan fingerprint density at radius 3 is 2.56 bits per heavy atom. The van der Waals surface area contributed by atoms with Crippen molar-refractivity contribution in [3.8, 4) is 0 Å². The molecule has 0 radical (unpaired) electrons. The van der Waals surface area contributed by atoms with E-state index < -0.39 is 6.04 Å². The van der Waals surface area contributed by atoms with Crippen molar-refractivity contribution in [1.82, 2.24) is 15.5 Å². The smallest absolute Gasteiger partial charge is 0.261 e. The number of hydrogen-bond acceptors (Lipinski definition) is 4. The maximum Gasteiger partial charge on any atom is 0.261 e. The largest absolute Gasteiger partial charge is 0.351 e. The van der Waals surface area contributed by atoms with E-state index in [-0.39, 0.29) is 17.9 Å². The Morgan fingerprint density at radius 1 is 1.22 bits per heavy atom. The summed E-state index contributed by atoms with van der Waals surface area (Å²) in [5, 5.41) is 8.42. The molecule has 0 spiro atoms. The van der Waals surface area contributed by atoms with Gasteiger partial charge < -0.3 is 10.6 Å². The van der Waals surface area contributed by atoms with Crippen molar-refractivity contribution >= 4 is 34.8 Å². The number of halogens is 1. The molecule has 0 saturated carbocycles. The third-order valence-electron chi connectivity index (χ3n) is 4.74. The third kappa shape index (κ3) is 5.79. The van der Waals surface area contributed by atoms with E-state index in [2.05, 4.69) is 15.5 Å². The quantitative estimate of drug-likeness (QED) is 0.775. The number of nitrogens with one attached hydrogen (secondary N) is 2. The molecule has 1 aromatic carbocycles. The zero-order valence-electron chi connectivity index (χ0n) is 15.3. The number of amides is 2. The molecule has 0 aliphatic carbocycles. The predicted octanol–water partition coefficient (Wildman–Crippen LogP) is 3.30. The van der Waals surface area contributed by atoms with Gasteiger partial charge in [-0.3, -0.25) is 14.5 Å². The minimum absolute atomic E-state index is 0.129. The third-order valence-corrected chi connectivity index (χ3v) is 5.86. The van der Waals surface area contributed by atoms with Crippen LogP contribution >= 0.6 is 22.9 Å². The summed E-state index contributed by atoms with van der Waals surface area (Å²) in [4.78, 5) is 27.4. The topological polar surface area (TPSA) is 61.4 Å². The fraction of sp³-hybridized carbons (Fsp3) is 0.400. The van der Waals surface area contributed by atoms with Crippen molar-refractivity contribution in [3.63, 3.8) is 0 Å². The number of nitrogens with zero attached hydrogens (tertiary/aromatic N) is 1. The highest BCUT2D eigenvalue weighted by atomic mass is 35.5. The predicted molar refractivity (Wildman–Crippen MR) is 109 cm³/mol. The van der Waals surface area contributed by atoms with Gasteiger partial charge in [0.2, 0.25) is 5.91 Å². The standard InChI is InChI=1S/C20H24ClN3O2S/c1-14(22-20(26)18-3-2-12-27-18)19(25)23-17-8-10-24(11-9-17)13-15-4-6-16(21)7-5-15/h2-7,12,14,17H,8-11,13H2,1H3,(H,22,26)(H,23,25). The molecule has 1 atom stereocenters. The molecule has 1 fully saturated rings. The minimum Gasteiger partial charge on any atom is -0.351 e. The molecule has 2 heterocycles. The van der Waals surface area contributed by atoms with Crippen LogP contribution in [0.5, 0.6) is 0 Å². The summed E-state index contributed by atoms with van der Waals surface area (Å²) in [5.74, 6) is -0.332. The average Bonchev–Trinajstić information content (AvgIpc) is 3.20. The first kappa shape index (κ1) is 19.9. The van der Waals surface area contributed by atoms with E-state index in [4.69, 9.17) is 11.6 Å². The van der Waals surface area contributed by atoms with Crippen molar-refractivity contribution < 1.29 is 9.59 Å². The second-order valence-electron chi connectivity index (χ2n) is 6.86. The lowest BCUT2D eigenvalue weighted by molar-refractivity contribution is -0.123. The van der Waals surface area contributed by atoms with Gasteiger partial charge in [0.1, 0.15) is 6.04 Å². The highest BCUT2D eigenvalue weighted by Gasteiger charge is 2.24. The Hall–Kier alpha value is -1.89. The number of rotatable bonds is 6. The number of carbonyl (C=O) groups is 2. The summed E-state index contributed by atoms with van der Waals surface area (Å²) in [6.07, 6.45) is 1.82. The van der Waals surface area contributed by atoms with E-state index in [0.717, 1.165) is 37.5 Å². The minimum atomic E-state index is -0.549. The molecule has 0 bridgehead atoms. The SMILES string of the molecule is CC(NC(=O)c1cccs1)C(=O)NC1CCN(Cc2ccc(Cl)cc2)CC1. The van der Waals surface area contributed by atoms with Crippen LogP contribution in [0.25, 0.3) is 0 Å². The van der Waals surface area contributed by atoms with Crippen molar-refractivity contribution in [2.24, 2.45) is 0 Å². The Bertz CT molecular complexity index is 756. The van der Waals surface area contributed by atoms with Crippen molar-refractivity contribution in [1.29, 1.82) is 0 Å². The lowest BCUT2D eigenvalue weighted by Crippen LogP contribution is -2.50. The molecule has 2 amide bonds. The van der Waals surface area contributed by atoms with Gasteiger partial charge in [0.05, 0.1) is 4.88 Å². The Morgan fingerprint density at radius 2 is 1.93 bits per heavy atom. The van der Waals surface area contributed by atoms with Gasteiger partial charge in [0.25, 0.3) is 5.91 Å². The first-order chi connectivity index (χ1) is 13.0. The second kappa shape index (κ2) is 9.35. The highest BCUT2D eigenvalue weighted by molar-refractivity contribution is 7.12. The van der Waals surface area contributed by atoms with Gasteiger partial charge in [-0.05, 0) is 48.9 Å². The molecule has 5 nitrogen and oxygen atoms in total. The summed E-state index contributed by atoms with van der Waals surface area (Å²) in [7, 11) is 0. The number of benzene rings is 1. The molecule has 1 unspecified atom stereocenters. The van der Waals surface area contributed by atoms with Gasteiger partial charge >= 0.3 is 0 Å². The normalized spacial score (nSPS) is 16.7. The molecule has 7 heteroatoms. The molecular formula is C20H24ClN3O2S. The number of likely N-dealkylation sites (tertiary alicyclic amines) is 1. The molecule has 2 aromatic rings. The molecular weight excluding hydrogens is 382 g/mol. The van der Waals surface area contributed by atoms with E-state index in [1.165, 1.54) is 16.9 Å². The van der Waals surface area contributed by atoms with Crippen LogP contribution in [0.1, 0.15) is 35.0 Å². The van der Waals surface area contributed by atoms with Gasteiger partial charge in [0.15, 0.2) is 0 Å². The number of piperidine rings is 1. The second-order valence-corrected chi connectivity index (χ2v) is 8.24. The first-order valence-electron chi connectivity index (χ1n) is 9.13. The summed E-state index contributed by atoms with van der Waals surface area (Å²) in [6, 6.07) is 11.1. The molecule has 1 aliphatic rings. The van der Waals surface area contributed by atoms with Crippen LogP contribution in [-0.2, 0) is 11.3 Å². The molecule has 27 heavy (non-hydrogen) atoms. The van der Waals surface area contributed by atoms with Crippen LogP contribution in [0.15, 0.2) is 41.8 Å². The summed E-state index contributed by atoms with van der Waals surface area (Å²) in [5.41, 5.74) is 1.24. The van der Waals surface area contributed by atoms with Crippen LogP contribution in [0.2, 0.25) is 5.02 Å². The van der Waals surface area contributed by atoms with Crippen LogP contribution in [0, 0.1) is 0 Å². The highest BCUT2D eigenvalue weighted by Crippen LogP contribution is 2.16. The average molecular weight is 406 g/mol. The first-order valence-corrected chi connectivity index (χ1v) is 10.4. The van der Waals surface area contributed by atoms with Crippen LogP contribution in [0.3, 0.4) is 0 Å². The number of hydrogen-bond donors (Lipinski definition) is 2. The van der Waals surface area contributed by atoms with Gasteiger partial charge in [-0.2, -0.15) is 0 Å². The van der Waals surface area contributed by atoms with E-state index >= 15 is 0 Å². The maximum atomic E-state index is 12.4. The lowest BCUT2D eigenvalue weighted by atomic mass is 10.0. The van der Waals surface area contributed by atoms with Gasteiger partial charge in [0, 0.05) is 30.7 Å². The lowest BCUT2D eigenvalue weighted by Gasteiger charge is -2.33. The van der Waals surface area contributed by atoms with Crippen LogP contribution < -0.4 is 10.6 Å². The number of carbonyl (C=O) groups excluding carboxylic acids is 2. The zero-order chi connectivity index (χ0) is 19.2. The monoisotopic (exact) mass is 405 g/mol. The van der Waals surface area contributed by atoms with Crippen molar-refractivity contribution in [3.05, 3.63) is 57.2 Å². The van der Waals surface area contributed by atoms with Crippen LogP contribution in [-0.4, -0.2) is 41.9 Å². The molecule has 2 N–H and O–H groups in total. The van der Waals surface area contributed by atoms with Gasteiger partial charge in [-0.1, -0.05) is 29.8 Å². The summed E-state index contributed by atoms with van der Waals surface area (Å²) < 4.78 is 0. The van der Waals surface area contributed by atoms with Crippen LogP contribution in [0.4, 0.5) is 0 Å². The van der Waals surface area contributed by atoms with E-state index in [1.807, 2.05) is 35.7 Å². The Kier molecular flexibility index (Phi) is 6.88. The fourth-order valence-corrected chi connectivity index (χ4v) is 3.90.